The van der Waals surface area contributed by atoms with Gasteiger partial charge in [-0.25, -0.2) is 0 Å². The molecular formula is C15H9Cl3N2O3. The van der Waals surface area contributed by atoms with Crippen LogP contribution in [-0.2, 0) is 4.79 Å². The number of hydrogen-bond donors (Lipinski definition) is 1. The van der Waals surface area contributed by atoms with Crippen LogP contribution in [0.15, 0.2) is 42.5 Å². The van der Waals surface area contributed by atoms with Gasteiger partial charge in [0.1, 0.15) is 5.02 Å². The van der Waals surface area contributed by atoms with Crippen molar-refractivity contribution < 1.29 is 9.72 Å². The van der Waals surface area contributed by atoms with Crippen molar-refractivity contribution in [2.24, 2.45) is 0 Å². The molecule has 2 aromatic rings. The number of halogens is 3. The Kier molecular flexibility index (Phi) is 5.60. The third-order valence-electron chi connectivity index (χ3n) is 2.78. The maximum Gasteiger partial charge on any atom is 0.288 e. The lowest BCUT2D eigenvalue weighted by molar-refractivity contribution is -0.384. The number of nitro benzene ring substituents is 1. The normalized spacial score (nSPS) is 10.7. The van der Waals surface area contributed by atoms with Crippen LogP contribution in [0.1, 0.15) is 5.56 Å². The molecule has 2 aromatic carbocycles. The predicted octanol–water partition coefficient (Wildman–Crippen LogP) is 5.21. The molecule has 0 aliphatic carbocycles. The second-order valence-electron chi connectivity index (χ2n) is 4.41. The van der Waals surface area contributed by atoms with Crippen LogP contribution in [0.2, 0.25) is 15.1 Å². The molecule has 0 aromatic heterocycles. The van der Waals surface area contributed by atoms with Crippen LogP contribution in [0.25, 0.3) is 6.08 Å². The zero-order valence-corrected chi connectivity index (χ0v) is 13.7. The largest absolute Gasteiger partial charge is 0.321 e. The fraction of sp³-hybridized carbons (Fsp3) is 0. The summed E-state index contributed by atoms with van der Waals surface area (Å²) in [6, 6.07) is 8.91. The zero-order chi connectivity index (χ0) is 17.0. The van der Waals surface area contributed by atoms with E-state index in [1.807, 2.05) is 0 Å². The molecule has 1 amide bonds. The molecule has 1 N–H and O–H groups in total. The predicted molar refractivity (Wildman–Crippen MR) is 92.2 cm³/mol. The van der Waals surface area contributed by atoms with Gasteiger partial charge in [0.15, 0.2) is 0 Å². The first kappa shape index (κ1) is 17.3. The summed E-state index contributed by atoms with van der Waals surface area (Å²) in [6.07, 6.45) is 2.65. The number of nitro groups is 1. The van der Waals surface area contributed by atoms with E-state index in [2.05, 4.69) is 5.32 Å². The summed E-state index contributed by atoms with van der Waals surface area (Å²) in [5.74, 6) is -0.452. The average molecular weight is 372 g/mol. The van der Waals surface area contributed by atoms with Gasteiger partial charge >= 0.3 is 0 Å². The Morgan fingerprint density at radius 2 is 1.78 bits per heavy atom. The van der Waals surface area contributed by atoms with E-state index in [9.17, 15) is 14.9 Å². The molecular weight excluding hydrogens is 363 g/mol. The maximum absolute atomic E-state index is 11.9. The molecule has 0 saturated heterocycles. The quantitative estimate of drug-likeness (QED) is 0.456. The number of carbonyl (C=O) groups is 1. The summed E-state index contributed by atoms with van der Waals surface area (Å²) in [5.41, 5.74) is 0.608. The zero-order valence-electron chi connectivity index (χ0n) is 11.4. The minimum Gasteiger partial charge on any atom is -0.321 e. The van der Waals surface area contributed by atoms with Crippen molar-refractivity contribution in [2.45, 2.75) is 0 Å². The maximum atomic E-state index is 11.9. The van der Waals surface area contributed by atoms with Gasteiger partial charge in [-0.3, -0.25) is 14.9 Å². The number of amides is 1. The van der Waals surface area contributed by atoms with Crippen molar-refractivity contribution in [3.8, 4) is 0 Å². The van der Waals surface area contributed by atoms with Crippen molar-refractivity contribution in [2.75, 3.05) is 5.32 Å². The lowest BCUT2D eigenvalue weighted by atomic mass is 10.2. The number of nitrogens with zero attached hydrogens (tertiary/aromatic N) is 1. The van der Waals surface area contributed by atoms with Gasteiger partial charge in [-0.05, 0) is 35.9 Å². The van der Waals surface area contributed by atoms with Gasteiger partial charge in [-0.15, -0.1) is 0 Å². The van der Waals surface area contributed by atoms with Crippen LogP contribution in [0.4, 0.5) is 11.4 Å². The first-order chi connectivity index (χ1) is 10.9. The number of carbonyl (C=O) groups excluding carboxylic acids is 1. The molecule has 8 heteroatoms. The highest BCUT2D eigenvalue weighted by molar-refractivity contribution is 6.35. The van der Waals surface area contributed by atoms with Gasteiger partial charge in [0.25, 0.3) is 5.69 Å². The first-order valence-electron chi connectivity index (χ1n) is 6.25. The molecule has 0 aliphatic heterocycles. The summed E-state index contributed by atoms with van der Waals surface area (Å²) < 4.78 is 0. The summed E-state index contributed by atoms with van der Waals surface area (Å²) >= 11 is 17.5. The number of rotatable bonds is 4. The fourth-order valence-corrected chi connectivity index (χ4v) is 2.24. The van der Waals surface area contributed by atoms with E-state index in [0.29, 0.717) is 21.3 Å². The van der Waals surface area contributed by atoms with Crippen LogP contribution in [0, 0.1) is 10.1 Å². The van der Waals surface area contributed by atoms with E-state index in [-0.39, 0.29) is 10.7 Å². The van der Waals surface area contributed by atoms with E-state index >= 15 is 0 Å². The van der Waals surface area contributed by atoms with E-state index in [0.717, 1.165) is 0 Å². The molecule has 5 nitrogen and oxygen atoms in total. The Bertz CT molecular complexity index is 807. The highest BCUT2D eigenvalue weighted by Gasteiger charge is 2.11. The standard InChI is InChI=1S/C15H9Cl3N2O3/c16-10-3-5-11(17)13(8-10)19-15(21)6-2-9-1-4-12(18)14(7-9)20(22)23/h1-8H,(H,19,21)/b6-2+. The summed E-state index contributed by atoms with van der Waals surface area (Å²) in [7, 11) is 0. The minimum absolute atomic E-state index is 0.0299. The third kappa shape index (κ3) is 4.69. The lowest BCUT2D eigenvalue weighted by Crippen LogP contribution is -2.08. The molecule has 0 bridgehead atoms. The topological polar surface area (TPSA) is 72.2 Å². The van der Waals surface area contributed by atoms with Crippen molar-refractivity contribution in [3.63, 3.8) is 0 Å². The Balaban J connectivity index is 2.14. The van der Waals surface area contributed by atoms with Gasteiger partial charge in [-0.1, -0.05) is 40.9 Å². The lowest BCUT2D eigenvalue weighted by Gasteiger charge is -2.05. The van der Waals surface area contributed by atoms with Crippen LogP contribution < -0.4 is 5.32 Å². The highest BCUT2D eigenvalue weighted by Crippen LogP contribution is 2.26. The molecule has 0 atom stereocenters. The van der Waals surface area contributed by atoms with Crippen molar-refractivity contribution in [1.82, 2.24) is 0 Å². The molecule has 0 radical (unpaired) electrons. The van der Waals surface area contributed by atoms with Crippen LogP contribution in [-0.4, -0.2) is 10.8 Å². The number of anilines is 1. The van der Waals surface area contributed by atoms with Crippen molar-refractivity contribution in [3.05, 3.63) is 73.2 Å². The summed E-state index contributed by atoms with van der Waals surface area (Å²) in [6.45, 7) is 0. The SMILES string of the molecule is O=C(/C=C/c1ccc(Cl)c([N+](=O)[O-])c1)Nc1cc(Cl)ccc1Cl. The molecule has 118 valence electrons. The fourth-order valence-electron chi connectivity index (χ4n) is 1.71. The van der Waals surface area contributed by atoms with E-state index in [1.165, 1.54) is 30.4 Å². The second kappa shape index (κ2) is 7.46. The van der Waals surface area contributed by atoms with Gasteiger partial charge in [0.2, 0.25) is 5.91 Å². The second-order valence-corrected chi connectivity index (χ2v) is 5.67. The smallest absolute Gasteiger partial charge is 0.288 e. The van der Waals surface area contributed by atoms with E-state index in [1.54, 1.807) is 18.2 Å². The van der Waals surface area contributed by atoms with Crippen LogP contribution in [0.3, 0.4) is 0 Å². The first-order valence-corrected chi connectivity index (χ1v) is 7.38. The molecule has 0 heterocycles. The van der Waals surface area contributed by atoms with Crippen molar-refractivity contribution in [1.29, 1.82) is 0 Å². The van der Waals surface area contributed by atoms with Gasteiger partial charge in [0, 0.05) is 17.2 Å². The number of nitrogens with one attached hydrogen (secondary N) is 1. The van der Waals surface area contributed by atoms with Gasteiger partial charge in [-0.2, -0.15) is 0 Å². The molecule has 23 heavy (non-hydrogen) atoms. The average Bonchev–Trinajstić information content (AvgIpc) is 2.50. The Morgan fingerprint density at radius 1 is 1.09 bits per heavy atom. The number of hydrogen-bond acceptors (Lipinski definition) is 3. The summed E-state index contributed by atoms with van der Waals surface area (Å²) in [5, 5.41) is 14.2. The summed E-state index contributed by atoms with van der Waals surface area (Å²) in [4.78, 5) is 22.1. The number of benzene rings is 2. The Labute approximate surface area is 146 Å². The van der Waals surface area contributed by atoms with E-state index < -0.39 is 10.8 Å². The molecule has 0 unspecified atom stereocenters. The third-order valence-corrected chi connectivity index (χ3v) is 3.66. The monoisotopic (exact) mass is 370 g/mol. The molecule has 0 saturated carbocycles. The highest BCUT2D eigenvalue weighted by atomic mass is 35.5. The molecule has 0 aliphatic rings. The van der Waals surface area contributed by atoms with Gasteiger partial charge < -0.3 is 5.32 Å². The van der Waals surface area contributed by atoms with Crippen LogP contribution in [0.5, 0.6) is 0 Å². The molecule has 0 spiro atoms. The van der Waals surface area contributed by atoms with Crippen molar-refractivity contribution >= 4 is 58.2 Å². The van der Waals surface area contributed by atoms with Gasteiger partial charge in [0.05, 0.1) is 15.6 Å². The van der Waals surface area contributed by atoms with Crippen LogP contribution >= 0.6 is 34.8 Å². The Hall–Kier alpha value is -2.08. The minimum atomic E-state index is -0.592. The molecule has 2 rings (SSSR count). The Morgan fingerprint density at radius 3 is 2.48 bits per heavy atom. The molecule has 0 fully saturated rings. The van der Waals surface area contributed by atoms with E-state index in [4.69, 9.17) is 34.8 Å².